The number of aliphatic hydroxyl groups is 1. The Morgan fingerprint density at radius 3 is 2.53 bits per heavy atom. The minimum absolute atomic E-state index is 0.0322. The maximum atomic E-state index is 13.6. The largest absolute Gasteiger partial charge is 0.491 e. The Hall–Kier alpha value is -0.830. The molecule has 0 amide bonds. The van der Waals surface area contributed by atoms with Gasteiger partial charge in [0, 0.05) is 0 Å². The Morgan fingerprint density at radius 2 is 2.12 bits per heavy atom. The number of aliphatic hydroxyl groups excluding tert-OH is 1. The average Bonchev–Trinajstić information content (AvgIpc) is 2.28. The first kappa shape index (κ1) is 16.2. The molecular formula is C14H25FO2. The van der Waals surface area contributed by atoms with Crippen LogP contribution >= 0.6 is 0 Å². The molecule has 0 fully saturated rings. The monoisotopic (exact) mass is 244 g/mol. The molecule has 0 aromatic heterocycles. The third-order valence-electron chi connectivity index (χ3n) is 2.99. The molecule has 0 saturated carbocycles. The van der Waals surface area contributed by atoms with Gasteiger partial charge in [-0.2, -0.15) is 0 Å². The summed E-state index contributed by atoms with van der Waals surface area (Å²) in [7, 11) is 0. The summed E-state index contributed by atoms with van der Waals surface area (Å²) in [5.41, 5.74) is -1.31. The van der Waals surface area contributed by atoms with Crippen LogP contribution in [0.3, 0.4) is 0 Å². The SMILES string of the molecule is C=CC(=CCC(C)C(C)O)OCC(C)(F)CC. The van der Waals surface area contributed by atoms with Gasteiger partial charge in [-0.3, -0.25) is 0 Å². The summed E-state index contributed by atoms with van der Waals surface area (Å²) in [6.07, 6.45) is 4.16. The Labute approximate surface area is 104 Å². The molecule has 17 heavy (non-hydrogen) atoms. The van der Waals surface area contributed by atoms with Crippen molar-refractivity contribution in [1.82, 2.24) is 0 Å². The Kier molecular flexibility index (Phi) is 7.12. The fourth-order valence-corrected chi connectivity index (χ4v) is 1.04. The van der Waals surface area contributed by atoms with Crippen molar-refractivity contribution in [2.45, 2.75) is 52.3 Å². The number of ether oxygens (including phenoxy) is 1. The van der Waals surface area contributed by atoms with E-state index < -0.39 is 5.67 Å². The van der Waals surface area contributed by atoms with E-state index in [0.29, 0.717) is 18.6 Å². The fourth-order valence-electron chi connectivity index (χ4n) is 1.04. The van der Waals surface area contributed by atoms with Crippen molar-refractivity contribution in [3.63, 3.8) is 0 Å². The zero-order valence-corrected chi connectivity index (χ0v) is 11.4. The van der Waals surface area contributed by atoms with Crippen LogP contribution in [0.15, 0.2) is 24.5 Å². The van der Waals surface area contributed by atoms with Crippen LogP contribution < -0.4 is 0 Å². The zero-order valence-electron chi connectivity index (χ0n) is 11.4. The zero-order chi connectivity index (χ0) is 13.5. The van der Waals surface area contributed by atoms with Crippen LogP contribution in [0.25, 0.3) is 0 Å². The van der Waals surface area contributed by atoms with E-state index in [1.807, 2.05) is 13.0 Å². The maximum Gasteiger partial charge on any atom is 0.141 e. The second-order valence-corrected chi connectivity index (χ2v) is 4.82. The summed E-state index contributed by atoms with van der Waals surface area (Å²) in [5, 5.41) is 9.35. The van der Waals surface area contributed by atoms with Gasteiger partial charge in [0.2, 0.25) is 0 Å². The van der Waals surface area contributed by atoms with Gasteiger partial charge in [-0.25, -0.2) is 4.39 Å². The number of rotatable bonds is 8. The lowest BCUT2D eigenvalue weighted by Gasteiger charge is -2.19. The van der Waals surface area contributed by atoms with Crippen molar-refractivity contribution < 1.29 is 14.2 Å². The smallest absolute Gasteiger partial charge is 0.141 e. The van der Waals surface area contributed by atoms with Gasteiger partial charge >= 0.3 is 0 Å². The number of allylic oxidation sites excluding steroid dienone is 2. The van der Waals surface area contributed by atoms with Gasteiger partial charge < -0.3 is 9.84 Å². The van der Waals surface area contributed by atoms with Crippen LogP contribution in [0.1, 0.15) is 40.5 Å². The van der Waals surface area contributed by atoms with Crippen molar-refractivity contribution in [2.75, 3.05) is 6.61 Å². The summed E-state index contributed by atoms with van der Waals surface area (Å²) >= 11 is 0. The Morgan fingerprint density at radius 1 is 1.53 bits per heavy atom. The molecule has 1 N–H and O–H groups in total. The van der Waals surface area contributed by atoms with Gasteiger partial charge in [-0.05, 0) is 44.8 Å². The van der Waals surface area contributed by atoms with Crippen LogP contribution in [0, 0.1) is 5.92 Å². The van der Waals surface area contributed by atoms with E-state index in [4.69, 9.17) is 4.74 Å². The average molecular weight is 244 g/mol. The standard InChI is InChI=1S/C14H25FO2/c1-6-13(9-8-11(3)12(4)16)17-10-14(5,15)7-2/h6,9,11-12,16H,1,7-8,10H2,2-5H3. The first-order chi connectivity index (χ1) is 7.82. The molecule has 0 rings (SSSR count). The number of alkyl halides is 1. The van der Waals surface area contributed by atoms with Gasteiger partial charge in [0.05, 0.1) is 6.10 Å². The van der Waals surface area contributed by atoms with Gasteiger partial charge in [-0.1, -0.05) is 20.4 Å². The molecule has 0 saturated heterocycles. The lowest BCUT2D eigenvalue weighted by molar-refractivity contribution is 0.0628. The molecule has 0 aromatic carbocycles. The first-order valence-electron chi connectivity index (χ1n) is 6.14. The van der Waals surface area contributed by atoms with E-state index in [9.17, 15) is 9.50 Å². The molecule has 0 spiro atoms. The fraction of sp³-hybridized carbons (Fsp3) is 0.714. The molecule has 0 aromatic rings. The van der Waals surface area contributed by atoms with Crippen molar-refractivity contribution in [3.8, 4) is 0 Å². The van der Waals surface area contributed by atoms with E-state index >= 15 is 0 Å². The minimum atomic E-state index is -1.31. The lowest BCUT2D eigenvalue weighted by atomic mass is 10.0. The highest BCUT2D eigenvalue weighted by molar-refractivity contribution is 5.09. The molecule has 100 valence electrons. The molecule has 0 aliphatic carbocycles. The van der Waals surface area contributed by atoms with Gasteiger partial charge in [0.1, 0.15) is 18.0 Å². The number of hydrogen-bond donors (Lipinski definition) is 1. The molecule has 3 atom stereocenters. The van der Waals surface area contributed by atoms with Crippen LogP contribution in [-0.4, -0.2) is 23.5 Å². The molecule has 2 nitrogen and oxygen atoms in total. The van der Waals surface area contributed by atoms with Crippen LogP contribution in [0.4, 0.5) is 4.39 Å². The predicted octanol–water partition coefficient (Wildman–Crippen LogP) is 3.62. The molecule has 0 radical (unpaired) electrons. The summed E-state index contributed by atoms with van der Waals surface area (Å²) in [6, 6.07) is 0. The summed E-state index contributed by atoms with van der Waals surface area (Å²) in [5.74, 6) is 0.728. The van der Waals surface area contributed by atoms with Gasteiger partial charge in [0.15, 0.2) is 0 Å². The molecule has 0 aliphatic heterocycles. The molecule has 0 bridgehead atoms. The predicted molar refractivity (Wildman–Crippen MR) is 69.5 cm³/mol. The summed E-state index contributed by atoms with van der Waals surface area (Å²) in [6.45, 7) is 10.7. The summed E-state index contributed by atoms with van der Waals surface area (Å²) < 4.78 is 19.0. The second-order valence-electron chi connectivity index (χ2n) is 4.82. The number of hydrogen-bond acceptors (Lipinski definition) is 2. The van der Waals surface area contributed by atoms with E-state index in [-0.39, 0.29) is 18.6 Å². The van der Waals surface area contributed by atoms with Crippen LogP contribution in [0.5, 0.6) is 0 Å². The third kappa shape index (κ3) is 7.16. The molecular weight excluding hydrogens is 219 g/mol. The Bertz CT molecular complexity index is 257. The van der Waals surface area contributed by atoms with Crippen molar-refractivity contribution in [2.24, 2.45) is 5.92 Å². The highest BCUT2D eigenvalue weighted by Gasteiger charge is 2.21. The van der Waals surface area contributed by atoms with Crippen molar-refractivity contribution >= 4 is 0 Å². The van der Waals surface area contributed by atoms with E-state index in [0.717, 1.165) is 0 Å². The molecule has 3 heteroatoms. The number of halogens is 1. The van der Waals surface area contributed by atoms with Crippen molar-refractivity contribution in [3.05, 3.63) is 24.5 Å². The first-order valence-corrected chi connectivity index (χ1v) is 6.14. The molecule has 3 unspecified atom stereocenters. The quantitative estimate of drug-likeness (QED) is 0.522. The summed E-state index contributed by atoms with van der Waals surface area (Å²) in [4.78, 5) is 0. The van der Waals surface area contributed by atoms with Gasteiger partial charge in [-0.15, -0.1) is 0 Å². The maximum absolute atomic E-state index is 13.6. The minimum Gasteiger partial charge on any atom is -0.491 e. The van der Waals surface area contributed by atoms with Crippen LogP contribution in [0.2, 0.25) is 0 Å². The topological polar surface area (TPSA) is 29.5 Å². The van der Waals surface area contributed by atoms with E-state index in [1.54, 1.807) is 19.9 Å². The third-order valence-corrected chi connectivity index (χ3v) is 2.99. The Balaban J connectivity index is 4.24. The molecule has 0 aliphatic rings. The highest BCUT2D eigenvalue weighted by Crippen LogP contribution is 2.18. The van der Waals surface area contributed by atoms with Crippen molar-refractivity contribution in [1.29, 1.82) is 0 Å². The van der Waals surface area contributed by atoms with E-state index in [1.165, 1.54) is 6.92 Å². The highest BCUT2D eigenvalue weighted by atomic mass is 19.1. The van der Waals surface area contributed by atoms with Crippen LogP contribution in [-0.2, 0) is 4.74 Å². The van der Waals surface area contributed by atoms with E-state index in [2.05, 4.69) is 6.58 Å². The second kappa shape index (κ2) is 7.49. The lowest BCUT2D eigenvalue weighted by Crippen LogP contribution is -2.23. The molecule has 0 heterocycles. The normalized spacial score (nSPS) is 19.3. The van der Waals surface area contributed by atoms with Gasteiger partial charge in [0.25, 0.3) is 0 Å².